The van der Waals surface area contributed by atoms with Crippen molar-refractivity contribution in [2.24, 2.45) is 0 Å². The second-order valence-electron chi connectivity index (χ2n) is 5.47. The summed E-state index contributed by atoms with van der Waals surface area (Å²) in [7, 11) is 0. The lowest BCUT2D eigenvalue weighted by Gasteiger charge is -2.11. The highest BCUT2D eigenvalue weighted by molar-refractivity contribution is 7.99. The minimum absolute atomic E-state index is 0.0377. The average molecular weight is 353 g/mol. The van der Waals surface area contributed by atoms with Gasteiger partial charge in [0.15, 0.2) is 5.16 Å². The molecule has 0 saturated carbocycles. The molecule has 0 spiro atoms. The maximum atomic E-state index is 12.5. The number of fused-ring (bicyclic) bond motifs is 1. The number of nitrogens with one attached hydrogen (secondary N) is 1. The minimum Gasteiger partial charge on any atom is -0.326 e. The van der Waals surface area contributed by atoms with Gasteiger partial charge >= 0.3 is 0 Å². The standard InChI is InChI=1S/C19H19N3O2S/c1-2-22-18(24)15-10-6-7-11-16(15)21-19(22)25-13-12-17(23)20-14-8-4-3-5-9-14/h3-11H,2,12-13H2,1H3,(H,20,23). The number of nitrogens with zero attached hydrogens (tertiary/aromatic N) is 2. The van der Waals surface area contributed by atoms with E-state index in [0.717, 1.165) is 5.69 Å². The number of carbonyl (C=O) groups excluding carboxylic acids is 1. The average Bonchev–Trinajstić information content (AvgIpc) is 2.63. The van der Waals surface area contributed by atoms with Crippen molar-refractivity contribution in [3.63, 3.8) is 0 Å². The highest BCUT2D eigenvalue weighted by Crippen LogP contribution is 2.19. The molecule has 0 unspecified atom stereocenters. The number of rotatable bonds is 6. The number of hydrogen-bond acceptors (Lipinski definition) is 4. The van der Waals surface area contributed by atoms with Crippen LogP contribution in [0.15, 0.2) is 64.5 Å². The summed E-state index contributed by atoms with van der Waals surface area (Å²) in [5, 5.41) is 4.13. The highest BCUT2D eigenvalue weighted by Gasteiger charge is 2.11. The monoisotopic (exact) mass is 353 g/mol. The van der Waals surface area contributed by atoms with E-state index in [1.807, 2.05) is 55.5 Å². The molecule has 5 nitrogen and oxygen atoms in total. The molecule has 0 fully saturated rings. The molecule has 2 aromatic carbocycles. The fourth-order valence-corrected chi connectivity index (χ4v) is 3.52. The van der Waals surface area contributed by atoms with E-state index in [2.05, 4.69) is 10.3 Å². The smallest absolute Gasteiger partial charge is 0.262 e. The van der Waals surface area contributed by atoms with Crippen LogP contribution < -0.4 is 10.9 Å². The summed E-state index contributed by atoms with van der Waals surface area (Å²) in [6.45, 7) is 2.47. The van der Waals surface area contributed by atoms with Crippen molar-refractivity contribution >= 4 is 34.3 Å². The van der Waals surface area contributed by atoms with E-state index in [4.69, 9.17) is 0 Å². The zero-order valence-electron chi connectivity index (χ0n) is 13.9. The van der Waals surface area contributed by atoms with Crippen molar-refractivity contribution < 1.29 is 4.79 Å². The van der Waals surface area contributed by atoms with Gasteiger partial charge in [-0.2, -0.15) is 0 Å². The first-order chi connectivity index (χ1) is 12.2. The van der Waals surface area contributed by atoms with Crippen LogP contribution in [0, 0.1) is 0 Å². The van der Waals surface area contributed by atoms with Crippen molar-refractivity contribution in [3.8, 4) is 0 Å². The zero-order valence-corrected chi connectivity index (χ0v) is 14.8. The largest absolute Gasteiger partial charge is 0.326 e. The first kappa shape index (κ1) is 17.2. The van der Waals surface area contributed by atoms with E-state index < -0.39 is 0 Å². The molecule has 6 heteroatoms. The molecule has 128 valence electrons. The van der Waals surface area contributed by atoms with E-state index in [9.17, 15) is 9.59 Å². The lowest BCUT2D eigenvalue weighted by atomic mass is 10.2. The lowest BCUT2D eigenvalue weighted by molar-refractivity contribution is -0.115. The van der Waals surface area contributed by atoms with E-state index in [1.54, 1.807) is 10.6 Å². The maximum absolute atomic E-state index is 12.5. The Hall–Kier alpha value is -2.60. The summed E-state index contributed by atoms with van der Waals surface area (Å²) in [5.41, 5.74) is 1.43. The highest BCUT2D eigenvalue weighted by atomic mass is 32.2. The van der Waals surface area contributed by atoms with E-state index >= 15 is 0 Å². The Morgan fingerprint density at radius 2 is 1.84 bits per heavy atom. The Balaban J connectivity index is 1.68. The number of carbonyl (C=O) groups is 1. The van der Waals surface area contributed by atoms with Gasteiger partial charge in [0.2, 0.25) is 5.91 Å². The Bertz CT molecular complexity index is 938. The summed E-state index contributed by atoms with van der Waals surface area (Å²) in [6, 6.07) is 16.7. The Morgan fingerprint density at radius 1 is 1.12 bits per heavy atom. The lowest BCUT2D eigenvalue weighted by Crippen LogP contribution is -2.22. The number of thioether (sulfide) groups is 1. The minimum atomic E-state index is -0.0510. The van der Waals surface area contributed by atoms with Gasteiger partial charge in [-0.1, -0.05) is 42.1 Å². The van der Waals surface area contributed by atoms with Gasteiger partial charge in [-0.05, 0) is 31.2 Å². The maximum Gasteiger partial charge on any atom is 0.262 e. The second kappa shape index (κ2) is 7.98. The molecular formula is C19H19N3O2S. The molecule has 3 aromatic rings. The zero-order chi connectivity index (χ0) is 17.6. The van der Waals surface area contributed by atoms with Crippen LogP contribution >= 0.6 is 11.8 Å². The fourth-order valence-electron chi connectivity index (χ4n) is 2.52. The van der Waals surface area contributed by atoms with E-state index in [-0.39, 0.29) is 11.5 Å². The molecule has 0 bridgehead atoms. The number of para-hydroxylation sites is 2. The molecule has 0 saturated heterocycles. The fraction of sp³-hybridized carbons (Fsp3) is 0.211. The molecule has 3 rings (SSSR count). The number of anilines is 1. The summed E-state index contributed by atoms with van der Waals surface area (Å²) < 4.78 is 1.65. The predicted octanol–water partition coefficient (Wildman–Crippen LogP) is 3.54. The van der Waals surface area contributed by atoms with Crippen LogP contribution in [0.3, 0.4) is 0 Å². The summed E-state index contributed by atoms with van der Waals surface area (Å²) >= 11 is 1.43. The van der Waals surface area contributed by atoms with Gasteiger partial charge in [0.05, 0.1) is 10.9 Å². The normalized spacial score (nSPS) is 10.8. The summed E-state index contributed by atoms with van der Waals surface area (Å²) in [6.07, 6.45) is 0.353. The van der Waals surface area contributed by atoms with Gasteiger partial charge < -0.3 is 5.32 Å². The third-order valence-electron chi connectivity index (χ3n) is 3.76. The van der Waals surface area contributed by atoms with Gasteiger partial charge in [-0.25, -0.2) is 4.98 Å². The van der Waals surface area contributed by atoms with E-state index in [1.165, 1.54) is 11.8 Å². The number of amides is 1. The summed E-state index contributed by atoms with van der Waals surface area (Å²) in [5.74, 6) is 0.508. The Morgan fingerprint density at radius 3 is 2.60 bits per heavy atom. The van der Waals surface area contributed by atoms with Gasteiger partial charge in [-0.15, -0.1) is 0 Å². The molecule has 0 aliphatic rings. The molecule has 0 radical (unpaired) electrons. The molecule has 1 aromatic heterocycles. The molecular weight excluding hydrogens is 334 g/mol. The van der Waals surface area contributed by atoms with Crippen LogP contribution in [-0.4, -0.2) is 21.2 Å². The van der Waals surface area contributed by atoms with Crippen LogP contribution in [0.4, 0.5) is 5.69 Å². The third kappa shape index (κ3) is 4.09. The molecule has 25 heavy (non-hydrogen) atoms. The Labute approximate surface area is 150 Å². The SMILES string of the molecule is CCn1c(SCCC(=O)Nc2ccccc2)nc2ccccc2c1=O. The van der Waals surface area contributed by atoms with Gasteiger partial charge in [0.25, 0.3) is 5.56 Å². The predicted molar refractivity (Wildman–Crippen MR) is 102 cm³/mol. The number of aromatic nitrogens is 2. The van der Waals surface area contributed by atoms with Crippen LogP contribution in [0.5, 0.6) is 0 Å². The molecule has 1 amide bonds. The van der Waals surface area contributed by atoms with Crippen LogP contribution in [-0.2, 0) is 11.3 Å². The van der Waals surface area contributed by atoms with Crippen molar-refractivity contribution in [2.45, 2.75) is 25.0 Å². The van der Waals surface area contributed by atoms with Crippen molar-refractivity contribution in [3.05, 3.63) is 65.0 Å². The quantitative estimate of drug-likeness (QED) is 0.544. The molecule has 0 atom stereocenters. The molecule has 1 N–H and O–H groups in total. The first-order valence-electron chi connectivity index (χ1n) is 8.16. The van der Waals surface area contributed by atoms with Crippen LogP contribution in [0.25, 0.3) is 10.9 Å². The Kier molecular flexibility index (Phi) is 5.50. The van der Waals surface area contributed by atoms with Crippen molar-refractivity contribution in [1.29, 1.82) is 0 Å². The van der Waals surface area contributed by atoms with Crippen molar-refractivity contribution in [2.75, 3.05) is 11.1 Å². The van der Waals surface area contributed by atoms with Crippen molar-refractivity contribution in [1.82, 2.24) is 9.55 Å². The number of benzene rings is 2. The van der Waals surface area contributed by atoms with Gasteiger partial charge in [0.1, 0.15) is 0 Å². The van der Waals surface area contributed by atoms with E-state index in [0.29, 0.717) is 34.8 Å². The topological polar surface area (TPSA) is 64.0 Å². The molecule has 0 aliphatic carbocycles. The molecule has 1 heterocycles. The van der Waals surface area contributed by atoms with Gasteiger partial charge in [0, 0.05) is 24.4 Å². The first-order valence-corrected chi connectivity index (χ1v) is 9.15. The van der Waals surface area contributed by atoms with Crippen LogP contribution in [0.2, 0.25) is 0 Å². The third-order valence-corrected chi connectivity index (χ3v) is 4.74. The second-order valence-corrected chi connectivity index (χ2v) is 6.54. The molecule has 0 aliphatic heterocycles. The van der Waals surface area contributed by atoms with Gasteiger partial charge in [-0.3, -0.25) is 14.2 Å². The van der Waals surface area contributed by atoms with Crippen LogP contribution in [0.1, 0.15) is 13.3 Å². The number of hydrogen-bond donors (Lipinski definition) is 1. The summed E-state index contributed by atoms with van der Waals surface area (Å²) in [4.78, 5) is 29.2.